The fraction of sp³-hybridized carbons (Fsp3) is 0.545. The lowest BCUT2D eigenvalue weighted by atomic mass is 9.90. The zero-order valence-corrected chi connectivity index (χ0v) is 18.1. The highest BCUT2D eigenvalue weighted by atomic mass is 16.5. The van der Waals surface area contributed by atoms with Gasteiger partial charge in [0.25, 0.3) is 0 Å². The second-order valence-electron chi connectivity index (χ2n) is 7.86. The third-order valence-corrected chi connectivity index (χ3v) is 5.06. The van der Waals surface area contributed by atoms with Crippen molar-refractivity contribution in [2.75, 3.05) is 13.2 Å². The average Bonchev–Trinajstić information content (AvgIpc) is 2.60. The van der Waals surface area contributed by atoms with Crippen molar-refractivity contribution in [1.82, 2.24) is 15.5 Å². The second-order valence-corrected chi connectivity index (χ2v) is 7.86. The summed E-state index contributed by atoms with van der Waals surface area (Å²) in [6, 6.07) is 5.74. The highest BCUT2D eigenvalue weighted by molar-refractivity contribution is 5.95. The number of rotatable bonds is 7. The number of hydrogen-bond acceptors (Lipinski definition) is 4. The zero-order chi connectivity index (χ0) is 21.0. The molecule has 1 heterocycles. The molecule has 0 aromatic heterocycles. The van der Waals surface area contributed by atoms with Crippen LogP contribution in [-0.4, -0.2) is 42.1 Å². The number of nitrogens with one attached hydrogen (secondary N) is 2. The predicted octanol–water partition coefficient (Wildman–Crippen LogP) is 3.59. The number of aryl methyl sites for hydroxylation is 2. The van der Waals surface area contributed by atoms with Crippen LogP contribution in [0.15, 0.2) is 29.5 Å². The Labute approximate surface area is 168 Å². The summed E-state index contributed by atoms with van der Waals surface area (Å²) in [6.45, 7) is 14.9. The Morgan fingerprint density at radius 1 is 1.18 bits per heavy atom. The molecule has 1 aliphatic heterocycles. The topological polar surface area (TPSA) is 70.7 Å². The molecule has 0 radical (unpaired) electrons. The van der Waals surface area contributed by atoms with Gasteiger partial charge in [0.1, 0.15) is 0 Å². The first-order valence-corrected chi connectivity index (χ1v) is 9.96. The fourth-order valence-corrected chi connectivity index (χ4v) is 3.64. The van der Waals surface area contributed by atoms with Crippen molar-refractivity contribution in [3.8, 4) is 0 Å². The maximum atomic E-state index is 12.9. The van der Waals surface area contributed by atoms with Crippen LogP contribution < -0.4 is 10.6 Å². The largest absolute Gasteiger partial charge is 0.463 e. The Bertz CT molecular complexity index is 760. The Balaban J connectivity index is 2.60. The summed E-state index contributed by atoms with van der Waals surface area (Å²) in [4.78, 5) is 27.6. The summed E-state index contributed by atoms with van der Waals surface area (Å²) in [6.07, 6.45) is 0. The molecule has 28 heavy (non-hydrogen) atoms. The third kappa shape index (κ3) is 4.93. The second kappa shape index (κ2) is 9.24. The van der Waals surface area contributed by atoms with Gasteiger partial charge in [-0.25, -0.2) is 9.59 Å². The Kier molecular flexibility index (Phi) is 7.24. The molecule has 2 rings (SSSR count). The minimum Gasteiger partial charge on any atom is -0.463 e. The molecule has 1 aliphatic rings. The molecule has 0 fully saturated rings. The number of nitrogens with zero attached hydrogens (tertiary/aromatic N) is 1. The van der Waals surface area contributed by atoms with Crippen molar-refractivity contribution < 1.29 is 14.3 Å². The maximum absolute atomic E-state index is 12.9. The van der Waals surface area contributed by atoms with Crippen LogP contribution in [0.25, 0.3) is 0 Å². The van der Waals surface area contributed by atoms with Gasteiger partial charge in [-0.1, -0.05) is 23.8 Å². The lowest BCUT2D eigenvalue weighted by Crippen LogP contribution is -2.50. The van der Waals surface area contributed by atoms with Crippen LogP contribution in [0.2, 0.25) is 0 Å². The van der Waals surface area contributed by atoms with Crippen molar-refractivity contribution in [2.45, 2.75) is 66.6 Å². The van der Waals surface area contributed by atoms with E-state index >= 15 is 0 Å². The third-order valence-electron chi connectivity index (χ3n) is 5.06. The number of esters is 1. The SMILES string of the molecule is CCOC(=O)C1=C(CN(C(C)C)C(C)C)NC(=O)NC1c1cc(C)ccc1C. The number of carbonyl (C=O) groups excluding carboxylic acids is 2. The van der Waals surface area contributed by atoms with E-state index in [1.807, 2.05) is 32.0 Å². The van der Waals surface area contributed by atoms with Gasteiger partial charge in [-0.3, -0.25) is 4.90 Å². The van der Waals surface area contributed by atoms with Gasteiger partial charge in [-0.05, 0) is 59.6 Å². The molecule has 0 bridgehead atoms. The van der Waals surface area contributed by atoms with E-state index in [0.29, 0.717) is 17.8 Å². The lowest BCUT2D eigenvalue weighted by Gasteiger charge is -2.35. The number of ether oxygens (including phenoxy) is 1. The summed E-state index contributed by atoms with van der Waals surface area (Å²) >= 11 is 0. The first-order valence-electron chi connectivity index (χ1n) is 9.96. The highest BCUT2D eigenvalue weighted by Gasteiger charge is 2.35. The van der Waals surface area contributed by atoms with Crippen LogP contribution in [0.1, 0.15) is 57.4 Å². The molecule has 0 saturated heterocycles. The van der Waals surface area contributed by atoms with Crippen molar-refractivity contribution in [3.05, 3.63) is 46.2 Å². The van der Waals surface area contributed by atoms with Crippen LogP contribution in [0.4, 0.5) is 4.79 Å². The molecular weight excluding hydrogens is 354 g/mol. The molecule has 2 N–H and O–H groups in total. The molecule has 0 saturated carbocycles. The first kappa shape index (κ1) is 22.0. The van der Waals surface area contributed by atoms with Gasteiger partial charge < -0.3 is 15.4 Å². The minimum absolute atomic E-state index is 0.266. The predicted molar refractivity (Wildman–Crippen MR) is 111 cm³/mol. The molecule has 0 aliphatic carbocycles. The van der Waals surface area contributed by atoms with Crippen LogP contribution in [0.5, 0.6) is 0 Å². The Morgan fingerprint density at radius 3 is 2.39 bits per heavy atom. The van der Waals surface area contributed by atoms with Gasteiger partial charge in [0.05, 0.1) is 18.2 Å². The normalized spacial score (nSPS) is 17.2. The van der Waals surface area contributed by atoms with Gasteiger partial charge in [0.15, 0.2) is 0 Å². The molecule has 1 aromatic carbocycles. The smallest absolute Gasteiger partial charge is 0.338 e. The number of benzene rings is 1. The van der Waals surface area contributed by atoms with Gasteiger partial charge in [-0.15, -0.1) is 0 Å². The van der Waals surface area contributed by atoms with E-state index in [1.165, 1.54) is 0 Å². The van der Waals surface area contributed by atoms with E-state index in [0.717, 1.165) is 16.7 Å². The van der Waals surface area contributed by atoms with Gasteiger partial charge >= 0.3 is 12.0 Å². The van der Waals surface area contributed by atoms with E-state index in [2.05, 4.69) is 43.2 Å². The van der Waals surface area contributed by atoms with E-state index in [-0.39, 0.29) is 24.7 Å². The maximum Gasteiger partial charge on any atom is 0.338 e. The molecule has 154 valence electrons. The van der Waals surface area contributed by atoms with Crippen LogP contribution in [0.3, 0.4) is 0 Å². The van der Waals surface area contributed by atoms with Gasteiger partial charge in [0.2, 0.25) is 0 Å². The fourth-order valence-electron chi connectivity index (χ4n) is 3.64. The first-order chi connectivity index (χ1) is 13.1. The van der Waals surface area contributed by atoms with E-state index in [4.69, 9.17) is 4.74 Å². The van der Waals surface area contributed by atoms with Crippen molar-refractivity contribution in [2.24, 2.45) is 0 Å². The molecule has 1 aromatic rings. The quantitative estimate of drug-likeness (QED) is 0.702. The summed E-state index contributed by atoms with van der Waals surface area (Å²) < 4.78 is 5.36. The summed E-state index contributed by atoms with van der Waals surface area (Å²) in [7, 11) is 0. The van der Waals surface area contributed by atoms with Crippen molar-refractivity contribution in [1.29, 1.82) is 0 Å². The summed E-state index contributed by atoms with van der Waals surface area (Å²) in [5.74, 6) is -0.400. The zero-order valence-electron chi connectivity index (χ0n) is 18.1. The minimum atomic E-state index is -0.538. The van der Waals surface area contributed by atoms with Crippen LogP contribution in [-0.2, 0) is 9.53 Å². The van der Waals surface area contributed by atoms with Crippen molar-refractivity contribution >= 4 is 12.0 Å². The van der Waals surface area contributed by atoms with E-state index in [1.54, 1.807) is 6.92 Å². The van der Waals surface area contributed by atoms with Crippen LogP contribution in [0, 0.1) is 13.8 Å². The molecule has 2 amide bonds. The molecule has 0 spiro atoms. The molecule has 1 atom stereocenters. The molecule has 6 heteroatoms. The lowest BCUT2D eigenvalue weighted by molar-refractivity contribution is -0.139. The summed E-state index contributed by atoms with van der Waals surface area (Å²) in [5, 5.41) is 5.79. The highest BCUT2D eigenvalue weighted by Crippen LogP contribution is 2.31. The number of carbonyl (C=O) groups is 2. The number of urea groups is 1. The molecule has 1 unspecified atom stereocenters. The van der Waals surface area contributed by atoms with E-state index < -0.39 is 12.0 Å². The van der Waals surface area contributed by atoms with Crippen LogP contribution >= 0.6 is 0 Å². The van der Waals surface area contributed by atoms with Gasteiger partial charge in [-0.2, -0.15) is 0 Å². The summed E-state index contributed by atoms with van der Waals surface area (Å²) in [5.41, 5.74) is 4.08. The monoisotopic (exact) mass is 387 g/mol. The average molecular weight is 388 g/mol. The number of hydrogen-bond donors (Lipinski definition) is 2. The molecule has 6 nitrogen and oxygen atoms in total. The molecular formula is C22H33N3O3. The van der Waals surface area contributed by atoms with Gasteiger partial charge in [0, 0.05) is 24.3 Å². The Hall–Kier alpha value is -2.34. The Morgan fingerprint density at radius 2 is 1.82 bits per heavy atom. The van der Waals surface area contributed by atoms with Crippen molar-refractivity contribution in [3.63, 3.8) is 0 Å². The number of amides is 2. The standard InChI is InChI=1S/C22H33N3O3/c1-8-28-21(26)19-18(12-25(13(2)3)14(4)5)23-22(27)24-20(19)17-11-15(6)9-10-16(17)7/h9-11,13-14,20H,8,12H2,1-7H3,(H2,23,24,27). The van der Waals surface area contributed by atoms with E-state index in [9.17, 15) is 9.59 Å².